The van der Waals surface area contributed by atoms with Crippen molar-refractivity contribution in [2.45, 2.75) is 45.3 Å². The zero-order valence-corrected chi connectivity index (χ0v) is 15.3. The molecule has 0 N–H and O–H groups in total. The summed E-state index contributed by atoms with van der Waals surface area (Å²) in [6.07, 6.45) is 2.96. The van der Waals surface area contributed by atoms with Gasteiger partial charge >= 0.3 is 0 Å². The van der Waals surface area contributed by atoms with Crippen LogP contribution in [-0.2, 0) is 22.6 Å². The molecule has 140 valence electrons. The van der Waals surface area contributed by atoms with Gasteiger partial charge in [-0.25, -0.2) is 0 Å². The molecule has 2 heterocycles. The number of carbonyl (C=O) groups excluding carboxylic acids is 1. The highest BCUT2D eigenvalue weighted by atomic mass is 16.5. The van der Waals surface area contributed by atoms with Gasteiger partial charge in [0.2, 0.25) is 5.91 Å². The summed E-state index contributed by atoms with van der Waals surface area (Å²) < 4.78 is 16.2. The van der Waals surface area contributed by atoms with E-state index in [0.717, 1.165) is 37.2 Å². The van der Waals surface area contributed by atoms with Gasteiger partial charge in [0.05, 0.1) is 13.2 Å². The van der Waals surface area contributed by atoms with Crippen molar-refractivity contribution in [2.24, 2.45) is 0 Å². The van der Waals surface area contributed by atoms with Gasteiger partial charge in [-0.05, 0) is 37.8 Å². The summed E-state index contributed by atoms with van der Waals surface area (Å²) in [6, 6.07) is 7.83. The Morgan fingerprint density at radius 2 is 2.08 bits per heavy atom. The second-order valence-corrected chi connectivity index (χ2v) is 6.44. The zero-order valence-electron chi connectivity index (χ0n) is 15.3. The molecule has 1 aromatic carbocycles. The molecule has 0 radical (unpaired) electrons. The van der Waals surface area contributed by atoms with Crippen molar-refractivity contribution in [1.82, 2.24) is 15.0 Å². The largest absolute Gasteiger partial charge is 0.496 e. The molecule has 1 aliphatic heterocycles. The standard InChI is InChI=1S/C19H25N3O4/c1-14-20-18(26-21-14)13-25-16-9-11-22(12-10-16)19(23)8-7-15-5-3-4-6-17(15)24-2/h3-6,16H,7-13H2,1-2H3. The number of hydrogen-bond donors (Lipinski definition) is 0. The second-order valence-electron chi connectivity index (χ2n) is 6.44. The molecule has 0 saturated carbocycles. The molecule has 0 bridgehead atoms. The van der Waals surface area contributed by atoms with Crippen LogP contribution in [0.25, 0.3) is 0 Å². The highest BCUT2D eigenvalue weighted by Crippen LogP contribution is 2.20. The van der Waals surface area contributed by atoms with Crippen molar-refractivity contribution < 1.29 is 18.8 Å². The molecule has 1 saturated heterocycles. The second kappa shape index (κ2) is 8.80. The molecule has 0 aliphatic carbocycles. The van der Waals surface area contributed by atoms with E-state index in [-0.39, 0.29) is 12.0 Å². The number of amides is 1. The summed E-state index contributed by atoms with van der Waals surface area (Å²) in [7, 11) is 1.65. The maximum atomic E-state index is 12.5. The number of hydrogen-bond acceptors (Lipinski definition) is 6. The Balaban J connectivity index is 1.40. The van der Waals surface area contributed by atoms with Gasteiger partial charge in [0, 0.05) is 19.5 Å². The SMILES string of the molecule is COc1ccccc1CCC(=O)N1CCC(OCc2nc(C)no2)CC1. The Labute approximate surface area is 153 Å². The Kier molecular flexibility index (Phi) is 6.22. The van der Waals surface area contributed by atoms with Crippen LogP contribution in [0.3, 0.4) is 0 Å². The first-order valence-electron chi connectivity index (χ1n) is 8.96. The number of benzene rings is 1. The quantitative estimate of drug-likeness (QED) is 0.756. The van der Waals surface area contributed by atoms with Crippen molar-refractivity contribution in [1.29, 1.82) is 0 Å². The summed E-state index contributed by atoms with van der Waals surface area (Å²) in [4.78, 5) is 18.5. The lowest BCUT2D eigenvalue weighted by Gasteiger charge is -2.31. The highest BCUT2D eigenvalue weighted by molar-refractivity contribution is 5.76. The van der Waals surface area contributed by atoms with Crippen LogP contribution in [-0.4, -0.2) is 47.3 Å². The third-order valence-electron chi connectivity index (χ3n) is 4.61. The summed E-state index contributed by atoms with van der Waals surface area (Å²) in [5.41, 5.74) is 1.07. The fraction of sp³-hybridized carbons (Fsp3) is 0.526. The Morgan fingerprint density at radius 3 is 2.77 bits per heavy atom. The molecule has 1 aromatic heterocycles. The Hall–Kier alpha value is -2.41. The number of piperidine rings is 1. The molecule has 7 heteroatoms. The molecule has 2 aromatic rings. The van der Waals surface area contributed by atoms with E-state index in [2.05, 4.69) is 10.1 Å². The van der Waals surface area contributed by atoms with E-state index in [9.17, 15) is 4.79 Å². The number of nitrogens with zero attached hydrogens (tertiary/aromatic N) is 3. The fourth-order valence-electron chi connectivity index (χ4n) is 3.17. The van der Waals surface area contributed by atoms with Gasteiger partial charge in [-0.15, -0.1) is 0 Å². The molecule has 0 unspecified atom stereocenters. The maximum absolute atomic E-state index is 12.5. The van der Waals surface area contributed by atoms with Crippen molar-refractivity contribution in [3.63, 3.8) is 0 Å². The molecule has 26 heavy (non-hydrogen) atoms. The van der Waals surface area contributed by atoms with Gasteiger partial charge in [-0.2, -0.15) is 4.98 Å². The first-order valence-corrected chi connectivity index (χ1v) is 8.96. The minimum Gasteiger partial charge on any atom is -0.496 e. The number of carbonyl (C=O) groups is 1. The first-order chi connectivity index (χ1) is 12.7. The lowest BCUT2D eigenvalue weighted by molar-refractivity contribution is -0.134. The van der Waals surface area contributed by atoms with E-state index in [1.807, 2.05) is 29.2 Å². The van der Waals surface area contributed by atoms with Gasteiger partial charge < -0.3 is 18.9 Å². The van der Waals surface area contributed by atoms with Crippen LogP contribution < -0.4 is 4.74 Å². The van der Waals surface area contributed by atoms with Crippen LogP contribution in [0.2, 0.25) is 0 Å². The van der Waals surface area contributed by atoms with Crippen LogP contribution in [0.4, 0.5) is 0 Å². The summed E-state index contributed by atoms with van der Waals surface area (Å²) in [6.45, 7) is 3.55. The van der Waals surface area contributed by atoms with Crippen molar-refractivity contribution in [3.05, 3.63) is 41.5 Å². The average molecular weight is 359 g/mol. The monoisotopic (exact) mass is 359 g/mol. The number of para-hydroxylation sites is 1. The zero-order chi connectivity index (χ0) is 18.4. The minimum atomic E-state index is 0.125. The van der Waals surface area contributed by atoms with Crippen LogP contribution in [0.15, 0.2) is 28.8 Å². The number of aryl methyl sites for hydroxylation is 2. The summed E-state index contributed by atoms with van der Waals surface area (Å²) >= 11 is 0. The topological polar surface area (TPSA) is 77.7 Å². The van der Waals surface area contributed by atoms with Gasteiger partial charge in [-0.1, -0.05) is 23.4 Å². The smallest absolute Gasteiger partial charge is 0.252 e. The lowest BCUT2D eigenvalue weighted by atomic mass is 10.1. The molecular weight excluding hydrogens is 334 g/mol. The molecule has 1 amide bonds. The first kappa shape index (κ1) is 18.4. The molecule has 0 spiro atoms. The minimum absolute atomic E-state index is 0.125. The molecule has 1 aliphatic rings. The molecule has 3 rings (SSSR count). The Bertz CT molecular complexity index is 723. The summed E-state index contributed by atoms with van der Waals surface area (Å²) in [5.74, 6) is 2.13. The summed E-state index contributed by atoms with van der Waals surface area (Å²) in [5, 5.41) is 3.75. The molecule has 0 atom stereocenters. The highest BCUT2D eigenvalue weighted by Gasteiger charge is 2.23. The average Bonchev–Trinajstić information content (AvgIpc) is 3.10. The number of likely N-dealkylation sites (tertiary alicyclic amines) is 1. The number of rotatable bonds is 7. The number of methoxy groups -OCH3 is 1. The molecule has 7 nitrogen and oxygen atoms in total. The third-order valence-corrected chi connectivity index (χ3v) is 4.61. The number of ether oxygens (including phenoxy) is 2. The van der Waals surface area contributed by atoms with Crippen LogP contribution in [0.1, 0.15) is 36.5 Å². The van der Waals surface area contributed by atoms with Gasteiger partial charge in [0.25, 0.3) is 5.89 Å². The van der Waals surface area contributed by atoms with Crippen molar-refractivity contribution in [3.8, 4) is 5.75 Å². The lowest BCUT2D eigenvalue weighted by Crippen LogP contribution is -2.41. The van der Waals surface area contributed by atoms with Gasteiger partial charge in [0.15, 0.2) is 5.82 Å². The molecule has 1 fully saturated rings. The van der Waals surface area contributed by atoms with E-state index < -0.39 is 0 Å². The fourth-order valence-corrected chi connectivity index (χ4v) is 3.17. The van der Waals surface area contributed by atoms with E-state index in [1.165, 1.54) is 0 Å². The van der Waals surface area contributed by atoms with E-state index in [4.69, 9.17) is 14.0 Å². The predicted molar refractivity (Wildman–Crippen MR) is 94.7 cm³/mol. The normalized spacial score (nSPS) is 15.2. The Morgan fingerprint density at radius 1 is 1.31 bits per heavy atom. The van der Waals surface area contributed by atoms with Crippen LogP contribution in [0.5, 0.6) is 5.75 Å². The van der Waals surface area contributed by atoms with E-state index >= 15 is 0 Å². The maximum Gasteiger partial charge on any atom is 0.252 e. The van der Waals surface area contributed by atoms with E-state index in [1.54, 1.807) is 14.0 Å². The van der Waals surface area contributed by atoms with Gasteiger partial charge in [-0.3, -0.25) is 4.79 Å². The van der Waals surface area contributed by atoms with Crippen LogP contribution >= 0.6 is 0 Å². The predicted octanol–water partition coefficient (Wildman–Crippen LogP) is 2.53. The van der Waals surface area contributed by atoms with E-state index in [0.29, 0.717) is 31.2 Å². The molecular formula is C19H25N3O4. The van der Waals surface area contributed by atoms with Crippen molar-refractivity contribution >= 4 is 5.91 Å². The van der Waals surface area contributed by atoms with Crippen molar-refractivity contribution in [2.75, 3.05) is 20.2 Å². The van der Waals surface area contributed by atoms with Gasteiger partial charge in [0.1, 0.15) is 12.4 Å². The third kappa shape index (κ3) is 4.82. The van der Waals surface area contributed by atoms with Crippen LogP contribution in [0, 0.1) is 6.92 Å². The number of aromatic nitrogens is 2.